The predicted molar refractivity (Wildman–Crippen MR) is 106 cm³/mol. The van der Waals surface area contributed by atoms with Gasteiger partial charge in [0.15, 0.2) is 11.5 Å². The summed E-state index contributed by atoms with van der Waals surface area (Å²) in [6.07, 6.45) is 1.99. The van der Waals surface area contributed by atoms with Crippen molar-refractivity contribution in [2.75, 3.05) is 23.5 Å². The molecule has 1 saturated heterocycles. The largest absolute Gasteiger partial charge is 0.504 e. The Morgan fingerprint density at radius 3 is 2.72 bits per heavy atom. The number of benzene rings is 2. The van der Waals surface area contributed by atoms with Crippen LogP contribution in [0.5, 0.6) is 11.5 Å². The molecule has 1 amide bonds. The molecule has 0 unspecified atom stereocenters. The number of phenols is 1. The Hall–Kier alpha value is -2.05. The Morgan fingerprint density at radius 2 is 2.08 bits per heavy atom. The van der Waals surface area contributed by atoms with Crippen molar-refractivity contribution >= 4 is 35.1 Å². The molecule has 1 fully saturated rings. The summed E-state index contributed by atoms with van der Waals surface area (Å²) in [4.78, 5) is 14.9. The van der Waals surface area contributed by atoms with Gasteiger partial charge in [0.25, 0.3) is 0 Å². The number of phenolic OH excluding ortho intramolecular Hbond substituents is 1. The number of ether oxygens (including phenoxy) is 1. The number of nitrogens with zero attached hydrogens (tertiary/aromatic N) is 1. The molecule has 4 nitrogen and oxygen atoms in total. The summed E-state index contributed by atoms with van der Waals surface area (Å²) in [7, 11) is 0. The summed E-state index contributed by atoms with van der Waals surface area (Å²) in [6.45, 7) is 6.24. The van der Waals surface area contributed by atoms with Gasteiger partial charge in [-0.1, -0.05) is 36.5 Å². The molecule has 0 spiro atoms. The first-order valence-electron chi connectivity index (χ1n) is 7.84. The molecule has 0 atom stereocenters. The molecule has 0 radical (unpaired) electrons. The number of amides is 1. The van der Waals surface area contributed by atoms with Gasteiger partial charge < -0.3 is 9.84 Å². The molecule has 1 aliphatic heterocycles. The van der Waals surface area contributed by atoms with Crippen molar-refractivity contribution in [2.24, 2.45) is 0 Å². The van der Waals surface area contributed by atoms with Crippen LogP contribution in [0.25, 0.3) is 11.1 Å². The van der Waals surface area contributed by atoms with E-state index in [1.807, 2.05) is 43.5 Å². The summed E-state index contributed by atoms with van der Waals surface area (Å²) in [5, 5.41) is 11.4. The molecule has 2 aromatic carbocycles. The van der Waals surface area contributed by atoms with Crippen LogP contribution < -0.4 is 9.64 Å². The molecule has 130 valence electrons. The van der Waals surface area contributed by atoms with Crippen molar-refractivity contribution in [1.29, 1.82) is 0 Å². The highest BCUT2D eigenvalue weighted by atomic mass is 32.2. The number of rotatable bonds is 5. The predicted octanol–water partition coefficient (Wildman–Crippen LogP) is 4.73. The van der Waals surface area contributed by atoms with Crippen molar-refractivity contribution < 1.29 is 14.6 Å². The SMILES string of the molecule is C=C1SCC(=O)N1c1cc(OCC)c(O)c(-c2ccccc2SC)c1. The van der Waals surface area contributed by atoms with Crippen LogP contribution in [-0.2, 0) is 4.79 Å². The summed E-state index contributed by atoms with van der Waals surface area (Å²) >= 11 is 3.02. The van der Waals surface area contributed by atoms with Crippen molar-refractivity contribution in [1.82, 2.24) is 0 Å². The molecule has 6 heteroatoms. The molecule has 0 bridgehead atoms. The maximum atomic E-state index is 12.2. The Balaban J connectivity index is 2.20. The molecule has 0 saturated carbocycles. The molecule has 1 N–H and O–H groups in total. The van der Waals surface area contributed by atoms with E-state index in [2.05, 4.69) is 6.58 Å². The summed E-state index contributed by atoms with van der Waals surface area (Å²) < 4.78 is 5.61. The summed E-state index contributed by atoms with van der Waals surface area (Å²) in [5.41, 5.74) is 2.20. The third kappa shape index (κ3) is 3.37. The van der Waals surface area contributed by atoms with Crippen LogP contribution in [0.15, 0.2) is 52.9 Å². The van der Waals surface area contributed by atoms with Crippen LogP contribution in [0.2, 0.25) is 0 Å². The van der Waals surface area contributed by atoms with Gasteiger partial charge in [-0.2, -0.15) is 0 Å². The van der Waals surface area contributed by atoms with Gasteiger partial charge >= 0.3 is 0 Å². The van der Waals surface area contributed by atoms with E-state index in [4.69, 9.17) is 4.74 Å². The van der Waals surface area contributed by atoms with Crippen LogP contribution in [0.1, 0.15) is 6.92 Å². The Morgan fingerprint density at radius 1 is 1.32 bits per heavy atom. The molecule has 0 aromatic heterocycles. The number of aromatic hydroxyl groups is 1. The van der Waals surface area contributed by atoms with Gasteiger partial charge in [-0.25, -0.2) is 0 Å². The third-order valence-electron chi connectivity index (χ3n) is 3.88. The number of carbonyl (C=O) groups excluding carboxylic acids is 1. The van der Waals surface area contributed by atoms with Crippen LogP contribution in [0.3, 0.4) is 0 Å². The van der Waals surface area contributed by atoms with Gasteiger partial charge in [-0.05, 0) is 30.9 Å². The number of carbonyl (C=O) groups is 1. The monoisotopic (exact) mass is 373 g/mol. The van der Waals surface area contributed by atoms with Crippen molar-refractivity contribution in [3.8, 4) is 22.6 Å². The van der Waals surface area contributed by atoms with E-state index >= 15 is 0 Å². The van der Waals surface area contributed by atoms with E-state index in [1.54, 1.807) is 22.7 Å². The van der Waals surface area contributed by atoms with E-state index in [9.17, 15) is 9.90 Å². The van der Waals surface area contributed by atoms with Gasteiger partial charge in [-0.3, -0.25) is 9.69 Å². The molecule has 2 aromatic rings. The first-order valence-corrected chi connectivity index (χ1v) is 10.1. The van der Waals surface area contributed by atoms with Gasteiger partial charge in [0.05, 0.1) is 23.1 Å². The van der Waals surface area contributed by atoms with E-state index in [0.717, 1.165) is 10.5 Å². The van der Waals surface area contributed by atoms with E-state index in [-0.39, 0.29) is 11.7 Å². The quantitative estimate of drug-likeness (QED) is 0.768. The summed E-state index contributed by atoms with van der Waals surface area (Å²) in [6, 6.07) is 11.4. The maximum absolute atomic E-state index is 12.2. The highest BCUT2D eigenvalue weighted by Gasteiger charge is 2.28. The smallest absolute Gasteiger partial charge is 0.242 e. The Bertz CT molecular complexity index is 819. The lowest BCUT2D eigenvalue weighted by Crippen LogP contribution is -2.23. The first kappa shape index (κ1) is 17.8. The van der Waals surface area contributed by atoms with Crippen LogP contribution in [0.4, 0.5) is 5.69 Å². The molecule has 1 heterocycles. The van der Waals surface area contributed by atoms with Gasteiger partial charge in [0.1, 0.15) is 0 Å². The fourth-order valence-corrected chi connectivity index (χ4v) is 4.13. The van der Waals surface area contributed by atoms with Crippen molar-refractivity contribution in [3.05, 3.63) is 48.0 Å². The minimum absolute atomic E-state index is 0.0211. The number of hydrogen-bond acceptors (Lipinski definition) is 5. The standard InChI is InChI=1S/C19H19NO3S2/c1-4-23-16-10-13(20-12(2)25-11-18(20)21)9-15(19(16)22)14-7-5-6-8-17(14)24-3/h5-10,22H,2,4,11H2,1,3H3. The lowest BCUT2D eigenvalue weighted by atomic mass is 10.0. The Kier molecular flexibility index (Phi) is 5.30. The molecule has 0 aliphatic carbocycles. The second kappa shape index (κ2) is 7.45. The van der Waals surface area contributed by atoms with E-state index < -0.39 is 0 Å². The second-order valence-corrected chi connectivity index (χ2v) is 7.28. The lowest BCUT2D eigenvalue weighted by Gasteiger charge is -2.21. The van der Waals surface area contributed by atoms with Crippen LogP contribution >= 0.6 is 23.5 Å². The fraction of sp³-hybridized carbons (Fsp3) is 0.211. The molecule has 25 heavy (non-hydrogen) atoms. The number of thioether (sulfide) groups is 2. The zero-order valence-electron chi connectivity index (χ0n) is 14.1. The minimum atomic E-state index is -0.0211. The molecule has 1 aliphatic rings. The normalized spacial score (nSPS) is 14.2. The zero-order valence-corrected chi connectivity index (χ0v) is 15.7. The van der Waals surface area contributed by atoms with Crippen molar-refractivity contribution in [2.45, 2.75) is 11.8 Å². The summed E-state index contributed by atoms with van der Waals surface area (Å²) in [5.74, 6) is 0.799. The average Bonchev–Trinajstić information content (AvgIpc) is 2.95. The van der Waals surface area contributed by atoms with E-state index in [1.165, 1.54) is 11.8 Å². The zero-order chi connectivity index (χ0) is 18.0. The highest BCUT2D eigenvalue weighted by molar-refractivity contribution is 8.04. The first-order chi connectivity index (χ1) is 12.1. The van der Waals surface area contributed by atoms with Gasteiger partial charge in [0, 0.05) is 16.5 Å². The number of anilines is 1. The number of hydrogen-bond donors (Lipinski definition) is 1. The third-order valence-corrected chi connectivity index (χ3v) is 5.58. The molecular formula is C19H19NO3S2. The van der Waals surface area contributed by atoms with Crippen LogP contribution in [0, 0.1) is 0 Å². The van der Waals surface area contributed by atoms with Gasteiger partial charge in [0.2, 0.25) is 5.91 Å². The minimum Gasteiger partial charge on any atom is -0.504 e. The second-order valence-electron chi connectivity index (χ2n) is 5.38. The average molecular weight is 373 g/mol. The van der Waals surface area contributed by atoms with Gasteiger partial charge in [-0.15, -0.1) is 11.8 Å². The molecular weight excluding hydrogens is 354 g/mol. The molecule has 3 rings (SSSR count). The van der Waals surface area contributed by atoms with Crippen LogP contribution in [-0.4, -0.2) is 29.6 Å². The maximum Gasteiger partial charge on any atom is 0.242 e. The topological polar surface area (TPSA) is 49.8 Å². The lowest BCUT2D eigenvalue weighted by molar-refractivity contribution is -0.115. The highest BCUT2D eigenvalue weighted by Crippen LogP contribution is 2.45. The van der Waals surface area contributed by atoms with Crippen molar-refractivity contribution in [3.63, 3.8) is 0 Å². The fourth-order valence-electron chi connectivity index (χ4n) is 2.76. The van der Waals surface area contributed by atoms with E-state index in [0.29, 0.717) is 34.4 Å². The Labute approximate surface area is 155 Å².